The molecular weight excluding hydrogens is 319 g/mol. The predicted octanol–water partition coefficient (Wildman–Crippen LogP) is 4.15. The third-order valence-electron chi connectivity index (χ3n) is 4.34. The van der Waals surface area contributed by atoms with Crippen molar-refractivity contribution in [2.75, 3.05) is 7.11 Å². The Kier molecular flexibility index (Phi) is 7.16. The Labute approximate surface area is 148 Å². The molecule has 2 aromatic rings. The summed E-state index contributed by atoms with van der Waals surface area (Å²) in [5.74, 6) is 0.364. The maximum Gasteiger partial charge on any atom is 0.123 e. The van der Waals surface area contributed by atoms with E-state index in [1.165, 1.54) is 18.2 Å². The van der Waals surface area contributed by atoms with E-state index in [4.69, 9.17) is 9.47 Å². The van der Waals surface area contributed by atoms with E-state index in [0.29, 0.717) is 13.0 Å². The fraction of sp³-hybridized carbons (Fsp3) is 0.333. The molecule has 3 atom stereocenters. The summed E-state index contributed by atoms with van der Waals surface area (Å²) in [6.07, 6.45) is 1.20. The maximum absolute atomic E-state index is 13.1. The number of rotatable bonds is 9. The quantitative estimate of drug-likeness (QED) is 0.695. The van der Waals surface area contributed by atoms with Crippen molar-refractivity contribution < 1.29 is 19.0 Å². The van der Waals surface area contributed by atoms with Crippen LogP contribution in [0.25, 0.3) is 0 Å². The molecule has 0 unspecified atom stereocenters. The molecule has 2 aromatic carbocycles. The van der Waals surface area contributed by atoms with E-state index >= 15 is 0 Å². The molecule has 0 fully saturated rings. The normalized spacial score (nSPS) is 14.6. The van der Waals surface area contributed by atoms with E-state index in [-0.39, 0.29) is 17.8 Å². The fourth-order valence-corrected chi connectivity index (χ4v) is 2.70. The second kappa shape index (κ2) is 9.35. The molecule has 4 heteroatoms. The average Bonchev–Trinajstić information content (AvgIpc) is 2.65. The first-order valence-electron chi connectivity index (χ1n) is 8.33. The molecule has 1 N–H and O–H groups in total. The van der Waals surface area contributed by atoms with Gasteiger partial charge in [-0.2, -0.15) is 0 Å². The highest BCUT2D eigenvalue weighted by molar-refractivity contribution is 5.26. The van der Waals surface area contributed by atoms with Crippen LogP contribution in [0.4, 0.5) is 4.39 Å². The van der Waals surface area contributed by atoms with Crippen molar-refractivity contribution in [1.82, 2.24) is 0 Å². The van der Waals surface area contributed by atoms with Gasteiger partial charge >= 0.3 is 0 Å². The van der Waals surface area contributed by atoms with E-state index in [9.17, 15) is 9.50 Å². The highest BCUT2D eigenvalue weighted by atomic mass is 19.1. The number of benzene rings is 2. The standard InChI is InChI=1S/C21H25FO3/c1-4-21(23)20(13-16-5-9-18(22)10-6-16)15(2)25-14-17-7-11-19(24-3)12-8-17/h4-12,15,20-21,23H,1,13-14H2,2-3H3/t15-,20-,21-/m0/s1. The van der Waals surface area contributed by atoms with Crippen molar-refractivity contribution in [3.05, 3.63) is 78.1 Å². The molecule has 0 aliphatic carbocycles. The van der Waals surface area contributed by atoms with Gasteiger partial charge in [0.05, 0.1) is 25.9 Å². The Bertz CT molecular complexity index is 652. The van der Waals surface area contributed by atoms with E-state index in [1.807, 2.05) is 31.2 Å². The van der Waals surface area contributed by atoms with Crippen molar-refractivity contribution in [3.8, 4) is 5.75 Å². The van der Waals surface area contributed by atoms with Crippen molar-refractivity contribution in [2.24, 2.45) is 5.92 Å². The molecule has 0 heterocycles. The molecule has 25 heavy (non-hydrogen) atoms. The summed E-state index contributed by atoms with van der Waals surface area (Å²) in [6.45, 7) is 6.05. The summed E-state index contributed by atoms with van der Waals surface area (Å²) < 4.78 is 24.2. The van der Waals surface area contributed by atoms with Crippen LogP contribution in [-0.2, 0) is 17.8 Å². The van der Waals surface area contributed by atoms with Gasteiger partial charge in [-0.3, -0.25) is 0 Å². The summed E-state index contributed by atoms with van der Waals surface area (Å²) in [5, 5.41) is 10.3. The SMILES string of the molecule is C=C[C@H](O)[C@@H](Cc1ccc(F)cc1)[C@H](C)OCc1ccc(OC)cc1. The van der Waals surface area contributed by atoms with Crippen LogP contribution in [0.1, 0.15) is 18.1 Å². The third kappa shape index (κ3) is 5.69. The number of hydrogen-bond acceptors (Lipinski definition) is 3. The highest BCUT2D eigenvalue weighted by Gasteiger charge is 2.24. The first-order valence-corrected chi connectivity index (χ1v) is 8.33. The number of halogens is 1. The van der Waals surface area contributed by atoms with Crippen LogP contribution in [0, 0.1) is 11.7 Å². The molecule has 134 valence electrons. The molecule has 0 saturated heterocycles. The molecule has 3 nitrogen and oxygen atoms in total. The zero-order valence-corrected chi connectivity index (χ0v) is 14.7. The summed E-state index contributed by atoms with van der Waals surface area (Å²) in [4.78, 5) is 0. The number of aliphatic hydroxyl groups excluding tert-OH is 1. The molecule has 0 aliphatic heterocycles. The third-order valence-corrected chi connectivity index (χ3v) is 4.34. The molecule has 0 spiro atoms. The van der Waals surface area contributed by atoms with E-state index < -0.39 is 6.10 Å². The van der Waals surface area contributed by atoms with E-state index in [2.05, 4.69) is 6.58 Å². The maximum atomic E-state index is 13.1. The second-order valence-corrected chi connectivity index (χ2v) is 6.08. The van der Waals surface area contributed by atoms with E-state index in [0.717, 1.165) is 16.9 Å². The minimum Gasteiger partial charge on any atom is -0.497 e. The van der Waals surface area contributed by atoms with Gasteiger partial charge in [0.1, 0.15) is 11.6 Å². The average molecular weight is 344 g/mol. The van der Waals surface area contributed by atoms with Gasteiger partial charge in [0.2, 0.25) is 0 Å². The molecule has 0 aromatic heterocycles. The molecule has 0 saturated carbocycles. The van der Waals surface area contributed by atoms with Crippen LogP contribution in [-0.4, -0.2) is 24.4 Å². The van der Waals surface area contributed by atoms with Crippen molar-refractivity contribution >= 4 is 0 Å². The molecule has 0 bridgehead atoms. The highest BCUT2D eigenvalue weighted by Crippen LogP contribution is 2.22. The lowest BCUT2D eigenvalue weighted by molar-refractivity contribution is -0.0218. The Morgan fingerprint density at radius 1 is 1.08 bits per heavy atom. The Hall–Kier alpha value is -2.17. The van der Waals surface area contributed by atoms with E-state index in [1.54, 1.807) is 19.2 Å². The predicted molar refractivity (Wildman–Crippen MR) is 97.0 cm³/mol. The largest absolute Gasteiger partial charge is 0.497 e. The van der Waals surface area contributed by atoms with Gasteiger partial charge in [-0.25, -0.2) is 4.39 Å². The van der Waals surface area contributed by atoms with Crippen molar-refractivity contribution in [1.29, 1.82) is 0 Å². The van der Waals surface area contributed by atoms with Crippen LogP contribution in [0.5, 0.6) is 5.75 Å². The van der Waals surface area contributed by atoms with Crippen LogP contribution in [0.3, 0.4) is 0 Å². The number of methoxy groups -OCH3 is 1. The summed E-state index contributed by atoms with van der Waals surface area (Å²) in [5.41, 5.74) is 1.98. The van der Waals surface area contributed by atoms with Gasteiger partial charge in [0.15, 0.2) is 0 Å². The van der Waals surface area contributed by atoms with Gasteiger partial charge in [-0.05, 0) is 48.7 Å². The molecule has 2 rings (SSSR count). The lowest BCUT2D eigenvalue weighted by atomic mass is 9.89. The summed E-state index contributed by atoms with van der Waals surface area (Å²) in [7, 11) is 1.63. The Morgan fingerprint density at radius 3 is 2.24 bits per heavy atom. The molecule has 0 aliphatic rings. The zero-order chi connectivity index (χ0) is 18.2. The van der Waals surface area contributed by atoms with Gasteiger partial charge < -0.3 is 14.6 Å². The topological polar surface area (TPSA) is 38.7 Å². The zero-order valence-electron chi connectivity index (χ0n) is 14.7. The van der Waals surface area contributed by atoms with Gasteiger partial charge in [-0.1, -0.05) is 30.3 Å². The summed E-state index contributed by atoms with van der Waals surface area (Å²) >= 11 is 0. The van der Waals surface area contributed by atoms with Gasteiger partial charge in [-0.15, -0.1) is 6.58 Å². The van der Waals surface area contributed by atoms with Crippen LogP contribution < -0.4 is 4.74 Å². The molecule has 0 amide bonds. The minimum atomic E-state index is -0.698. The Balaban J connectivity index is 2.00. The minimum absolute atomic E-state index is 0.166. The van der Waals surface area contributed by atoms with Gasteiger partial charge in [0.25, 0.3) is 0 Å². The Morgan fingerprint density at radius 2 is 1.68 bits per heavy atom. The lowest BCUT2D eigenvalue weighted by Crippen LogP contribution is -2.32. The van der Waals surface area contributed by atoms with Crippen LogP contribution in [0.2, 0.25) is 0 Å². The number of aliphatic hydroxyl groups is 1. The van der Waals surface area contributed by atoms with Gasteiger partial charge in [0, 0.05) is 5.92 Å². The fourth-order valence-electron chi connectivity index (χ4n) is 2.70. The monoisotopic (exact) mass is 344 g/mol. The first kappa shape index (κ1) is 19.2. The first-order chi connectivity index (χ1) is 12.0. The van der Waals surface area contributed by atoms with Crippen molar-refractivity contribution in [2.45, 2.75) is 32.2 Å². The summed E-state index contributed by atoms with van der Waals surface area (Å²) in [6, 6.07) is 14.0. The van der Waals surface area contributed by atoms with Crippen LogP contribution >= 0.6 is 0 Å². The second-order valence-electron chi connectivity index (χ2n) is 6.08. The smallest absolute Gasteiger partial charge is 0.123 e. The molecular formula is C21H25FO3. The lowest BCUT2D eigenvalue weighted by Gasteiger charge is -2.27. The van der Waals surface area contributed by atoms with Crippen LogP contribution in [0.15, 0.2) is 61.2 Å². The number of hydrogen-bond donors (Lipinski definition) is 1. The number of ether oxygens (including phenoxy) is 2. The van der Waals surface area contributed by atoms with Crippen molar-refractivity contribution in [3.63, 3.8) is 0 Å². The molecule has 0 radical (unpaired) electrons.